The van der Waals surface area contributed by atoms with Gasteiger partial charge in [-0.1, -0.05) is 43.2 Å². The van der Waals surface area contributed by atoms with Crippen molar-refractivity contribution in [3.63, 3.8) is 0 Å². The predicted octanol–water partition coefficient (Wildman–Crippen LogP) is 2.25. The number of aliphatic hydroxyl groups excluding tert-OH is 1. The highest BCUT2D eigenvalue weighted by molar-refractivity contribution is 5.20. The minimum atomic E-state index is -0.208. The van der Waals surface area contributed by atoms with Crippen molar-refractivity contribution in [2.24, 2.45) is 0 Å². The van der Waals surface area contributed by atoms with E-state index in [1.807, 2.05) is 0 Å². The third-order valence-corrected chi connectivity index (χ3v) is 2.45. The molecule has 0 saturated carbocycles. The van der Waals surface area contributed by atoms with Crippen LogP contribution in [0.5, 0.6) is 0 Å². The molecule has 0 radical (unpaired) electrons. The van der Waals surface area contributed by atoms with Crippen LogP contribution in [0.25, 0.3) is 0 Å². The van der Waals surface area contributed by atoms with Crippen molar-refractivity contribution in [1.82, 2.24) is 5.32 Å². The summed E-state index contributed by atoms with van der Waals surface area (Å²) in [5, 5.41) is 12.8. The van der Waals surface area contributed by atoms with Crippen LogP contribution < -0.4 is 5.32 Å². The molecule has 0 aromatic heterocycles. The highest BCUT2D eigenvalue weighted by Crippen LogP contribution is 2.02. The van der Waals surface area contributed by atoms with Gasteiger partial charge in [0.2, 0.25) is 0 Å². The molecule has 1 aromatic rings. The fraction of sp³-hybridized carbons (Fsp3) is 0.538. The van der Waals surface area contributed by atoms with E-state index in [0.29, 0.717) is 6.54 Å². The van der Waals surface area contributed by atoms with Crippen molar-refractivity contribution >= 4 is 0 Å². The van der Waals surface area contributed by atoms with E-state index in [-0.39, 0.29) is 6.10 Å². The molecule has 0 aliphatic heterocycles. The second-order valence-electron chi connectivity index (χ2n) is 4.06. The molecule has 0 unspecified atom stereocenters. The molecule has 2 heteroatoms. The van der Waals surface area contributed by atoms with Crippen molar-refractivity contribution in [2.45, 2.75) is 39.3 Å². The minimum Gasteiger partial charge on any atom is -0.392 e. The maximum absolute atomic E-state index is 9.51. The normalized spacial score (nSPS) is 12.7. The van der Waals surface area contributed by atoms with Crippen LogP contribution in [-0.2, 0) is 6.54 Å². The second-order valence-corrected chi connectivity index (χ2v) is 4.06. The molecule has 1 rings (SSSR count). The van der Waals surface area contributed by atoms with E-state index in [9.17, 15) is 5.11 Å². The van der Waals surface area contributed by atoms with Gasteiger partial charge in [0, 0.05) is 13.1 Å². The Kier molecular flexibility index (Phi) is 5.37. The quantitative estimate of drug-likeness (QED) is 0.750. The largest absolute Gasteiger partial charge is 0.392 e. The van der Waals surface area contributed by atoms with Gasteiger partial charge in [-0.2, -0.15) is 0 Å². The lowest BCUT2D eigenvalue weighted by Crippen LogP contribution is -2.26. The Bertz CT molecular complexity index is 268. The molecule has 0 amide bonds. The van der Waals surface area contributed by atoms with Crippen LogP contribution in [0.1, 0.15) is 30.9 Å². The van der Waals surface area contributed by atoms with Gasteiger partial charge in [-0.05, 0) is 18.9 Å². The summed E-state index contributed by atoms with van der Waals surface area (Å²) < 4.78 is 0. The van der Waals surface area contributed by atoms with E-state index in [1.54, 1.807) is 0 Å². The van der Waals surface area contributed by atoms with Crippen LogP contribution in [0.4, 0.5) is 0 Å². The maximum Gasteiger partial charge on any atom is 0.0664 e. The lowest BCUT2D eigenvalue weighted by Gasteiger charge is -2.10. The smallest absolute Gasteiger partial charge is 0.0664 e. The number of hydrogen-bond acceptors (Lipinski definition) is 2. The van der Waals surface area contributed by atoms with Crippen molar-refractivity contribution in [2.75, 3.05) is 6.54 Å². The van der Waals surface area contributed by atoms with Gasteiger partial charge in [0.15, 0.2) is 0 Å². The number of hydrogen-bond donors (Lipinski definition) is 2. The van der Waals surface area contributed by atoms with E-state index in [1.165, 1.54) is 11.1 Å². The zero-order chi connectivity index (χ0) is 11.1. The fourth-order valence-corrected chi connectivity index (χ4v) is 1.52. The van der Waals surface area contributed by atoms with Gasteiger partial charge in [0.25, 0.3) is 0 Å². The lowest BCUT2D eigenvalue weighted by atomic mass is 10.1. The van der Waals surface area contributed by atoms with Gasteiger partial charge in [0.05, 0.1) is 6.10 Å². The molecule has 1 atom stereocenters. The predicted molar refractivity (Wildman–Crippen MR) is 63.8 cm³/mol. The van der Waals surface area contributed by atoms with Gasteiger partial charge in [0.1, 0.15) is 0 Å². The Morgan fingerprint density at radius 2 is 1.93 bits per heavy atom. The Hall–Kier alpha value is -0.860. The molecule has 0 aliphatic rings. The standard InChI is InChI=1S/C13H21NO/c1-3-4-13(15)10-14-9-12-7-5-11(2)6-8-12/h5-8,13-15H,3-4,9-10H2,1-2H3/t13-/m0/s1. The second kappa shape index (κ2) is 6.59. The first kappa shape index (κ1) is 12.2. The summed E-state index contributed by atoms with van der Waals surface area (Å²) in [6.07, 6.45) is 1.70. The SMILES string of the molecule is CCC[C@H](O)CNCc1ccc(C)cc1. The summed E-state index contributed by atoms with van der Waals surface area (Å²) >= 11 is 0. The third-order valence-electron chi connectivity index (χ3n) is 2.45. The van der Waals surface area contributed by atoms with Gasteiger partial charge in [-0.15, -0.1) is 0 Å². The topological polar surface area (TPSA) is 32.3 Å². The number of aliphatic hydroxyl groups is 1. The summed E-state index contributed by atoms with van der Waals surface area (Å²) in [6.45, 7) is 5.69. The van der Waals surface area contributed by atoms with Gasteiger partial charge in [-0.25, -0.2) is 0 Å². The Morgan fingerprint density at radius 3 is 2.53 bits per heavy atom. The molecule has 0 fully saturated rings. The maximum atomic E-state index is 9.51. The summed E-state index contributed by atoms with van der Waals surface area (Å²) in [5.74, 6) is 0. The summed E-state index contributed by atoms with van der Waals surface area (Å²) in [6, 6.07) is 8.46. The summed E-state index contributed by atoms with van der Waals surface area (Å²) in [4.78, 5) is 0. The zero-order valence-electron chi connectivity index (χ0n) is 9.66. The van der Waals surface area contributed by atoms with E-state index in [2.05, 4.69) is 43.4 Å². The molecule has 0 spiro atoms. The highest BCUT2D eigenvalue weighted by Gasteiger charge is 2.01. The number of rotatable bonds is 6. The number of nitrogens with one attached hydrogen (secondary N) is 1. The molecule has 0 bridgehead atoms. The number of benzene rings is 1. The Morgan fingerprint density at radius 1 is 1.27 bits per heavy atom. The average Bonchev–Trinajstić information content (AvgIpc) is 2.21. The monoisotopic (exact) mass is 207 g/mol. The van der Waals surface area contributed by atoms with Crippen LogP contribution in [0, 0.1) is 6.92 Å². The molecule has 15 heavy (non-hydrogen) atoms. The van der Waals surface area contributed by atoms with Gasteiger partial charge < -0.3 is 10.4 Å². The van der Waals surface area contributed by atoms with E-state index < -0.39 is 0 Å². The average molecular weight is 207 g/mol. The van der Waals surface area contributed by atoms with Crippen LogP contribution >= 0.6 is 0 Å². The molecular weight excluding hydrogens is 186 g/mol. The molecule has 84 valence electrons. The number of aryl methyl sites for hydroxylation is 1. The van der Waals surface area contributed by atoms with Crippen LogP contribution in [0.15, 0.2) is 24.3 Å². The Balaban J connectivity index is 2.22. The van der Waals surface area contributed by atoms with Crippen LogP contribution in [0.2, 0.25) is 0 Å². The highest BCUT2D eigenvalue weighted by atomic mass is 16.3. The molecule has 0 aliphatic carbocycles. The lowest BCUT2D eigenvalue weighted by molar-refractivity contribution is 0.160. The summed E-state index contributed by atoms with van der Waals surface area (Å²) in [5.41, 5.74) is 2.55. The van der Waals surface area contributed by atoms with Crippen molar-refractivity contribution in [3.8, 4) is 0 Å². The molecule has 0 saturated heterocycles. The third kappa shape index (κ3) is 4.96. The first-order valence-electron chi connectivity index (χ1n) is 5.66. The van der Waals surface area contributed by atoms with E-state index >= 15 is 0 Å². The molecule has 2 nitrogen and oxygen atoms in total. The molecule has 0 heterocycles. The van der Waals surface area contributed by atoms with Crippen LogP contribution in [0.3, 0.4) is 0 Å². The van der Waals surface area contributed by atoms with Crippen molar-refractivity contribution < 1.29 is 5.11 Å². The molecular formula is C13H21NO. The first-order chi connectivity index (χ1) is 7.22. The van der Waals surface area contributed by atoms with E-state index in [4.69, 9.17) is 0 Å². The van der Waals surface area contributed by atoms with Gasteiger partial charge >= 0.3 is 0 Å². The molecule has 1 aromatic carbocycles. The molecule has 2 N–H and O–H groups in total. The van der Waals surface area contributed by atoms with E-state index in [0.717, 1.165) is 19.4 Å². The summed E-state index contributed by atoms with van der Waals surface area (Å²) in [7, 11) is 0. The van der Waals surface area contributed by atoms with Crippen LogP contribution in [-0.4, -0.2) is 17.8 Å². The fourth-order valence-electron chi connectivity index (χ4n) is 1.52. The minimum absolute atomic E-state index is 0.208. The van der Waals surface area contributed by atoms with Crippen molar-refractivity contribution in [1.29, 1.82) is 0 Å². The van der Waals surface area contributed by atoms with Gasteiger partial charge in [-0.3, -0.25) is 0 Å². The zero-order valence-corrected chi connectivity index (χ0v) is 9.66. The Labute approximate surface area is 92.3 Å². The van der Waals surface area contributed by atoms with Crippen molar-refractivity contribution in [3.05, 3.63) is 35.4 Å². The first-order valence-corrected chi connectivity index (χ1v) is 5.66.